The number of nitrogens with one attached hydrogen (secondary N) is 1. The van der Waals surface area contributed by atoms with Gasteiger partial charge < -0.3 is 10.1 Å². The lowest BCUT2D eigenvalue weighted by Crippen LogP contribution is -2.49. The molecule has 0 spiro atoms. The molecule has 2 rings (SSSR count). The molecule has 1 fully saturated rings. The number of hydrogen-bond donors (Lipinski definition) is 1. The van der Waals surface area contributed by atoms with Crippen LogP contribution in [-0.4, -0.2) is 19.2 Å². The first-order valence-corrected chi connectivity index (χ1v) is 8.06. The van der Waals surface area contributed by atoms with Crippen LogP contribution in [-0.2, 0) is 5.41 Å². The lowest BCUT2D eigenvalue weighted by molar-refractivity contribution is 0.131. The van der Waals surface area contributed by atoms with E-state index in [0.717, 1.165) is 24.8 Å². The lowest BCUT2D eigenvalue weighted by Gasteiger charge is -2.49. The highest BCUT2D eigenvalue weighted by Gasteiger charge is 2.44. The molecular formula is C18H29NO. The fourth-order valence-corrected chi connectivity index (χ4v) is 3.29. The molecule has 0 radical (unpaired) electrons. The van der Waals surface area contributed by atoms with E-state index in [4.69, 9.17) is 4.74 Å². The fourth-order valence-electron chi connectivity index (χ4n) is 3.29. The molecule has 0 bridgehead atoms. The molecular weight excluding hydrogens is 246 g/mol. The van der Waals surface area contributed by atoms with Crippen molar-refractivity contribution < 1.29 is 4.74 Å². The summed E-state index contributed by atoms with van der Waals surface area (Å²) in [6, 6.07) is 9.32. The van der Waals surface area contributed by atoms with Crippen molar-refractivity contribution in [3.05, 3.63) is 29.8 Å². The third kappa shape index (κ3) is 3.35. The molecule has 0 aliphatic heterocycles. The number of hydrogen-bond acceptors (Lipinski definition) is 2. The van der Waals surface area contributed by atoms with E-state index in [1.165, 1.54) is 24.8 Å². The minimum Gasteiger partial charge on any atom is -0.494 e. The van der Waals surface area contributed by atoms with Crippen LogP contribution >= 0.6 is 0 Å². The molecule has 0 atom stereocenters. The van der Waals surface area contributed by atoms with Crippen LogP contribution in [0.4, 0.5) is 0 Å². The van der Waals surface area contributed by atoms with Gasteiger partial charge in [-0.1, -0.05) is 39.3 Å². The van der Waals surface area contributed by atoms with E-state index in [-0.39, 0.29) is 0 Å². The first kappa shape index (κ1) is 15.4. The first-order chi connectivity index (χ1) is 9.59. The second-order valence-electron chi connectivity index (χ2n) is 6.46. The Morgan fingerprint density at radius 3 is 2.35 bits per heavy atom. The Hall–Kier alpha value is -1.02. The van der Waals surface area contributed by atoms with Crippen LogP contribution in [0.3, 0.4) is 0 Å². The van der Waals surface area contributed by atoms with Crippen molar-refractivity contribution in [1.82, 2.24) is 5.32 Å². The van der Waals surface area contributed by atoms with Gasteiger partial charge >= 0.3 is 0 Å². The Morgan fingerprint density at radius 2 is 1.85 bits per heavy atom. The number of rotatable bonds is 7. The van der Waals surface area contributed by atoms with E-state index in [2.05, 4.69) is 50.4 Å². The fraction of sp³-hybridized carbons (Fsp3) is 0.667. The second-order valence-corrected chi connectivity index (χ2v) is 6.46. The predicted molar refractivity (Wildman–Crippen MR) is 85.4 cm³/mol. The summed E-state index contributed by atoms with van der Waals surface area (Å²) >= 11 is 0. The third-order valence-electron chi connectivity index (χ3n) is 4.56. The summed E-state index contributed by atoms with van der Waals surface area (Å²) < 4.78 is 5.55. The van der Waals surface area contributed by atoms with Gasteiger partial charge in [-0.2, -0.15) is 0 Å². The average molecular weight is 275 g/mol. The summed E-state index contributed by atoms with van der Waals surface area (Å²) in [5.74, 6) is 1.88. The van der Waals surface area contributed by atoms with E-state index in [9.17, 15) is 0 Å². The van der Waals surface area contributed by atoms with Crippen molar-refractivity contribution in [2.45, 2.75) is 58.4 Å². The minimum absolute atomic E-state index is 0.343. The van der Waals surface area contributed by atoms with Gasteiger partial charge in [0.1, 0.15) is 5.75 Å². The normalized spacial score (nSPS) is 25.6. The van der Waals surface area contributed by atoms with E-state index < -0.39 is 0 Å². The molecule has 0 amide bonds. The predicted octanol–water partition coefficient (Wildman–Crippen LogP) is 4.14. The van der Waals surface area contributed by atoms with Gasteiger partial charge in [-0.15, -0.1) is 0 Å². The highest BCUT2D eigenvalue weighted by atomic mass is 16.5. The minimum atomic E-state index is 0.343. The maximum Gasteiger partial charge on any atom is 0.119 e. The van der Waals surface area contributed by atoms with Crippen LogP contribution in [0.15, 0.2) is 24.3 Å². The molecule has 112 valence electrons. The van der Waals surface area contributed by atoms with Gasteiger partial charge in [0.2, 0.25) is 0 Å². The maximum atomic E-state index is 5.55. The molecule has 1 aromatic carbocycles. The molecule has 2 nitrogen and oxygen atoms in total. The molecule has 1 aromatic rings. The van der Waals surface area contributed by atoms with Crippen LogP contribution in [0.1, 0.15) is 52.5 Å². The zero-order valence-electron chi connectivity index (χ0n) is 13.4. The summed E-state index contributed by atoms with van der Waals surface area (Å²) in [4.78, 5) is 0. The lowest BCUT2D eigenvalue weighted by atomic mass is 9.58. The van der Waals surface area contributed by atoms with Gasteiger partial charge in [0.25, 0.3) is 0 Å². The summed E-state index contributed by atoms with van der Waals surface area (Å²) in [5, 5.41) is 3.64. The Morgan fingerprint density at radius 1 is 1.20 bits per heavy atom. The Balaban J connectivity index is 2.10. The molecule has 0 heterocycles. The van der Waals surface area contributed by atoms with Gasteiger partial charge in [-0.05, 0) is 43.4 Å². The Bertz CT molecular complexity index is 404. The zero-order valence-corrected chi connectivity index (χ0v) is 13.4. The van der Waals surface area contributed by atoms with E-state index in [0.29, 0.717) is 11.5 Å². The molecule has 0 aromatic heterocycles. The monoisotopic (exact) mass is 275 g/mol. The van der Waals surface area contributed by atoms with Crippen molar-refractivity contribution >= 4 is 0 Å². The molecule has 1 aliphatic carbocycles. The van der Waals surface area contributed by atoms with Crippen molar-refractivity contribution in [3.63, 3.8) is 0 Å². The molecule has 1 N–H and O–H groups in total. The van der Waals surface area contributed by atoms with Gasteiger partial charge in [0.15, 0.2) is 0 Å². The van der Waals surface area contributed by atoms with Crippen LogP contribution in [0.2, 0.25) is 0 Å². The average Bonchev–Trinajstić information content (AvgIpc) is 2.39. The molecule has 1 aliphatic rings. The SMILES string of the molecule is CCOc1ccc(C2(CNC(C)C)CC(CC)C2)cc1. The number of ether oxygens (including phenoxy) is 1. The first-order valence-electron chi connectivity index (χ1n) is 8.06. The standard InChI is InChI=1S/C18H29NO/c1-5-15-11-18(12-15,13-19-14(3)4)16-7-9-17(10-8-16)20-6-2/h7-10,14-15,19H,5-6,11-13H2,1-4H3. The van der Waals surface area contributed by atoms with E-state index >= 15 is 0 Å². The molecule has 2 heteroatoms. The molecule has 20 heavy (non-hydrogen) atoms. The summed E-state index contributed by atoms with van der Waals surface area (Å²) in [6.07, 6.45) is 3.94. The van der Waals surface area contributed by atoms with E-state index in [1.54, 1.807) is 0 Å². The largest absolute Gasteiger partial charge is 0.494 e. The van der Waals surface area contributed by atoms with E-state index in [1.807, 2.05) is 6.92 Å². The summed E-state index contributed by atoms with van der Waals surface area (Å²) in [5.41, 5.74) is 1.81. The van der Waals surface area contributed by atoms with Crippen LogP contribution in [0.5, 0.6) is 5.75 Å². The van der Waals surface area contributed by atoms with Gasteiger partial charge in [-0.25, -0.2) is 0 Å². The molecule has 0 unspecified atom stereocenters. The van der Waals surface area contributed by atoms with Crippen molar-refractivity contribution in [2.75, 3.05) is 13.2 Å². The van der Waals surface area contributed by atoms with Gasteiger partial charge in [-0.3, -0.25) is 0 Å². The second kappa shape index (κ2) is 6.62. The van der Waals surface area contributed by atoms with Gasteiger partial charge in [0, 0.05) is 18.0 Å². The van der Waals surface area contributed by atoms with Crippen LogP contribution in [0.25, 0.3) is 0 Å². The topological polar surface area (TPSA) is 21.3 Å². The van der Waals surface area contributed by atoms with Crippen LogP contribution in [0, 0.1) is 5.92 Å². The highest BCUT2D eigenvalue weighted by Crippen LogP contribution is 2.49. The van der Waals surface area contributed by atoms with Crippen molar-refractivity contribution in [1.29, 1.82) is 0 Å². The smallest absolute Gasteiger partial charge is 0.119 e. The molecule has 0 saturated heterocycles. The number of benzene rings is 1. The highest BCUT2D eigenvalue weighted by molar-refractivity contribution is 5.35. The van der Waals surface area contributed by atoms with Crippen molar-refractivity contribution in [3.8, 4) is 5.75 Å². The Kier molecular flexibility index (Phi) is 5.09. The zero-order chi connectivity index (χ0) is 14.6. The van der Waals surface area contributed by atoms with Crippen LogP contribution < -0.4 is 10.1 Å². The third-order valence-corrected chi connectivity index (χ3v) is 4.56. The van der Waals surface area contributed by atoms with Gasteiger partial charge in [0.05, 0.1) is 6.61 Å². The molecule has 1 saturated carbocycles. The summed E-state index contributed by atoms with van der Waals surface area (Å²) in [6.45, 7) is 10.6. The maximum absolute atomic E-state index is 5.55. The Labute approximate surface area is 123 Å². The quantitative estimate of drug-likeness (QED) is 0.807. The van der Waals surface area contributed by atoms with Crippen molar-refractivity contribution in [2.24, 2.45) is 5.92 Å². The summed E-state index contributed by atoms with van der Waals surface area (Å²) in [7, 11) is 0.